The van der Waals surface area contributed by atoms with E-state index in [2.05, 4.69) is 25.7 Å². The maximum Gasteiger partial charge on any atom is 0.332 e. The molecular weight excluding hydrogens is 442 g/mol. The van der Waals surface area contributed by atoms with Gasteiger partial charge in [0.25, 0.3) is 5.56 Å². The monoisotopic (exact) mass is 473 g/mol. The third-order valence-corrected chi connectivity index (χ3v) is 6.50. The summed E-state index contributed by atoms with van der Waals surface area (Å²) in [5.74, 6) is 2.90. The van der Waals surface area contributed by atoms with Gasteiger partial charge in [-0.1, -0.05) is 39.0 Å². The van der Waals surface area contributed by atoms with Gasteiger partial charge < -0.3 is 14.2 Å². The van der Waals surface area contributed by atoms with Gasteiger partial charge in [-0.25, -0.2) is 4.79 Å². The minimum absolute atomic E-state index is 0.261. The second-order valence-electron chi connectivity index (χ2n) is 9.80. The summed E-state index contributed by atoms with van der Waals surface area (Å²) < 4.78 is 10.8. The van der Waals surface area contributed by atoms with Crippen molar-refractivity contribution in [3.05, 3.63) is 75.4 Å². The molecule has 8 nitrogen and oxygen atoms in total. The highest BCUT2D eigenvalue weighted by Crippen LogP contribution is 2.34. The summed E-state index contributed by atoms with van der Waals surface area (Å²) in [6.07, 6.45) is 0.765. The SMILES string of the molecule is CC(C)CCn1c(=O)c2c(nc3n2C[C@H](C)CN3c2ccc(Oc3ccccc3)cc2)n(C)c1=O. The summed E-state index contributed by atoms with van der Waals surface area (Å²) in [4.78, 5) is 33.4. The van der Waals surface area contributed by atoms with E-state index in [1.807, 2.05) is 59.2 Å². The standard InChI is InChI=1S/C27H31N5O3/c1-18(2)14-15-30-25(33)23-24(29(4)27(30)34)28-26-31(16-19(3)17-32(23)26)20-10-12-22(13-11-20)35-21-8-6-5-7-9-21/h5-13,18-19H,14-17H2,1-4H3/t19-/m1/s1. The number of rotatable bonds is 6. The average molecular weight is 474 g/mol. The highest BCUT2D eigenvalue weighted by atomic mass is 16.5. The number of ether oxygens (including phenoxy) is 1. The third kappa shape index (κ3) is 4.24. The molecule has 0 bridgehead atoms. The van der Waals surface area contributed by atoms with Crippen LogP contribution in [-0.2, 0) is 20.1 Å². The van der Waals surface area contributed by atoms with E-state index in [1.165, 1.54) is 9.13 Å². The summed E-state index contributed by atoms with van der Waals surface area (Å²) in [6.45, 7) is 8.18. The Kier molecular flexibility index (Phi) is 5.96. The van der Waals surface area contributed by atoms with Gasteiger partial charge >= 0.3 is 5.69 Å². The van der Waals surface area contributed by atoms with Crippen molar-refractivity contribution in [1.29, 1.82) is 0 Å². The van der Waals surface area contributed by atoms with Crippen molar-refractivity contribution in [2.45, 2.75) is 40.3 Å². The lowest BCUT2D eigenvalue weighted by Gasteiger charge is -2.33. The molecule has 182 valence electrons. The van der Waals surface area contributed by atoms with E-state index in [0.29, 0.717) is 42.0 Å². The van der Waals surface area contributed by atoms with Crippen molar-refractivity contribution in [2.75, 3.05) is 11.4 Å². The van der Waals surface area contributed by atoms with Crippen molar-refractivity contribution >= 4 is 22.8 Å². The highest BCUT2D eigenvalue weighted by Gasteiger charge is 2.29. The number of benzene rings is 2. The molecule has 2 aromatic carbocycles. The summed E-state index contributed by atoms with van der Waals surface area (Å²) in [5.41, 5.74) is 1.30. The first-order valence-corrected chi connectivity index (χ1v) is 12.1. The minimum atomic E-state index is -0.319. The predicted octanol–water partition coefficient (Wildman–Crippen LogP) is 4.52. The Hall–Kier alpha value is -3.81. The van der Waals surface area contributed by atoms with Crippen LogP contribution >= 0.6 is 0 Å². The van der Waals surface area contributed by atoms with Crippen molar-refractivity contribution in [3.63, 3.8) is 0 Å². The van der Waals surface area contributed by atoms with Crippen LogP contribution in [0.2, 0.25) is 0 Å². The van der Waals surface area contributed by atoms with Crippen LogP contribution in [0.3, 0.4) is 0 Å². The van der Waals surface area contributed by atoms with Crippen LogP contribution in [-0.4, -0.2) is 25.2 Å². The van der Waals surface area contributed by atoms with Crippen LogP contribution in [0.1, 0.15) is 27.2 Å². The van der Waals surface area contributed by atoms with Gasteiger partial charge in [0.2, 0.25) is 5.95 Å². The molecule has 0 spiro atoms. The normalized spacial score (nSPS) is 15.6. The van der Waals surface area contributed by atoms with Crippen LogP contribution in [0.25, 0.3) is 11.2 Å². The minimum Gasteiger partial charge on any atom is -0.457 e. The molecule has 5 rings (SSSR count). The highest BCUT2D eigenvalue weighted by molar-refractivity contribution is 5.77. The van der Waals surface area contributed by atoms with Crippen molar-refractivity contribution in [3.8, 4) is 11.5 Å². The number of aryl methyl sites for hydroxylation is 1. The van der Waals surface area contributed by atoms with Gasteiger partial charge in [-0.2, -0.15) is 4.98 Å². The molecule has 3 heterocycles. The number of fused-ring (bicyclic) bond motifs is 3. The van der Waals surface area contributed by atoms with Gasteiger partial charge in [0, 0.05) is 32.4 Å². The van der Waals surface area contributed by atoms with E-state index >= 15 is 0 Å². The number of imidazole rings is 1. The molecule has 1 aliphatic rings. The van der Waals surface area contributed by atoms with E-state index in [9.17, 15) is 9.59 Å². The number of hydrogen-bond donors (Lipinski definition) is 0. The zero-order chi connectivity index (χ0) is 24.7. The van der Waals surface area contributed by atoms with Gasteiger partial charge in [0.15, 0.2) is 11.2 Å². The van der Waals surface area contributed by atoms with Crippen LogP contribution in [0, 0.1) is 11.8 Å². The fraction of sp³-hybridized carbons (Fsp3) is 0.370. The molecule has 1 aliphatic heterocycles. The molecule has 0 radical (unpaired) electrons. The van der Waals surface area contributed by atoms with Gasteiger partial charge in [0.05, 0.1) is 0 Å². The first-order valence-electron chi connectivity index (χ1n) is 12.1. The molecule has 35 heavy (non-hydrogen) atoms. The number of nitrogens with zero attached hydrogens (tertiary/aromatic N) is 5. The maximum atomic E-state index is 13.5. The maximum absolute atomic E-state index is 13.5. The lowest BCUT2D eigenvalue weighted by atomic mass is 10.1. The van der Waals surface area contributed by atoms with Crippen LogP contribution in [0.5, 0.6) is 11.5 Å². The van der Waals surface area contributed by atoms with E-state index in [1.54, 1.807) is 7.05 Å². The Balaban J connectivity index is 1.55. The second kappa shape index (κ2) is 9.09. The second-order valence-corrected chi connectivity index (χ2v) is 9.80. The molecule has 0 saturated heterocycles. The van der Waals surface area contributed by atoms with Gasteiger partial charge in [-0.15, -0.1) is 0 Å². The number of aromatic nitrogens is 4. The molecular formula is C27H31N5O3. The van der Waals surface area contributed by atoms with Crippen LogP contribution in [0.15, 0.2) is 64.2 Å². The molecule has 0 N–H and O–H groups in total. The lowest BCUT2D eigenvalue weighted by Crippen LogP contribution is -2.40. The molecule has 0 saturated carbocycles. The van der Waals surface area contributed by atoms with Gasteiger partial charge in [-0.05, 0) is 54.7 Å². The van der Waals surface area contributed by atoms with Crippen LogP contribution < -0.4 is 20.9 Å². The Morgan fingerprint density at radius 3 is 2.37 bits per heavy atom. The number of anilines is 2. The topological polar surface area (TPSA) is 74.3 Å². The predicted molar refractivity (Wildman–Crippen MR) is 138 cm³/mol. The summed E-state index contributed by atoms with van der Waals surface area (Å²) >= 11 is 0. The summed E-state index contributed by atoms with van der Waals surface area (Å²) in [6, 6.07) is 17.5. The quantitative estimate of drug-likeness (QED) is 0.412. The summed E-state index contributed by atoms with van der Waals surface area (Å²) in [5, 5.41) is 0. The smallest absolute Gasteiger partial charge is 0.332 e. The number of hydrogen-bond acceptors (Lipinski definition) is 5. The molecule has 1 atom stereocenters. The molecule has 4 aromatic rings. The molecule has 8 heteroatoms. The van der Waals surface area contributed by atoms with Crippen molar-refractivity contribution < 1.29 is 4.74 Å². The Labute approximate surface area is 204 Å². The van der Waals surface area contributed by atoms with Gasteiger partial charge in [-0.3, -0.25) is 13.9 Å². The van der Waals surface area contributed by atoms with E-state index in [-0.39, 0.29) is 11.2 Å². The molecule has 2 aromatic heterocycles. The fourth-order valence-corrected chi connectivity index (χ4v) is 4.63. The largest absolute Gasteiger partial charge is 0.457 e. The fourth-order valence-electron chi connectivity index (χ4n) is 4.63. The Morgan fingerprint density at radius 2 is 1.69 bits per heavy atom. The molecule has 0 unspecified atom stereocenters. The van der Waals surface area contributed by atoms with Crippen LogP contribution in [0.4, 0.5) is 11.6 Å². The Bertz CT molecular complexity index is 1470. The zero-order valence-corrected chi connectivity index (χ0v) is 20.6. The average Bonchev–Trinajstić information content (AvgIpc) is 3.23. The third-order valence-electron chi connectivity index (χ3n) is 6.50. The first-order chi connectivity index (χ1) is 16.8. The van der Waals surface area contributed by atoms with E-state index < -0.39 is 0 Å². The molecule has 0 aliphatic carbocycles. The Morgan fingerprint density at radius 1 is 1.00 bits per heavy atom. The lowest BCUT2D eigenvalue weighted by molar-refractivity contribution is 0.455. The first kappa shape index (κ1) is 23.0. The zero-order valence-electron chi connectivity index (χ0n) is 20.6. The molecule has 0 amide bonds. The molecule has 0 fully saturated rings. The number of para-hydroxylation sites is 1. The van der Waals surface area contributed by atoms with Crippen molar-refractivity contribution in [2.24, 2.45) is 18.9 Å². The van der Waals surface area contributed by atoms with Gasteiger partial charge in [0.1, 0.15) is 11.5 Å². The van der Waals surface area contributed by atoms with E-state index in [0.717, 1.165) is 30.2 Å². The van der Waals surface area contributed by atoms with Crippen molar-refractivity contribution in [1.82, 2.24) is 18.7 Å². The van der Waals surface area contributed by atoms with E-state index in [4.69, 9.17) is 9.72 Å². The summed E-state index contributed by atoms with van der Waals surface area (Å²) in [7, 11) is 1.69.